The summed E-state index contributed by atoms with van der Waals surface area (Å²) in [6.07, 6.45) is 8.09. The molecule has 2 atom stereocenters. The highest BCUT2D eigenvalue weighted by molar-refractivity contribution is 5.78. The number of unbranched alkanes of at least 4 members (excludes halogenated alkanes) is 2. The fourth-order valence-electron chi connectivity index (χ4n) is 2.32. The zero-order chi connectivity index (χ0) is 15.0. The predicted octanol–water partition coefficient (Wildman–Crippen LogP) is 4.11. The van der Waals surface area contributed by atoms with E-state index in [0.717, 1.165) is 18.4 Å². The van der Waals surface area contributed by atoms with Gasteiger partial charge in [-0.3, -0.25) is 9.78 Å². The average molecular weight is 276 g/mol. The zero-order valence-electron chi connectivity index (χ0n) is 13.2. The summed E-state index contributed by atoms with van der Waals surface area (Å²) in [5.74, 6) is 0.592. The van der Waals surface area contributed by atoms with Crippen molar-refractivity contribution in [1.29, 1.82) is 0 Å². The lowest BCUT2D eigenvalue weighted by atomic mass is 9.95. The summed E-state index contributed by atoms with van der Waals surface area (Å²) < 4.78 is 0. The van der Waals surface area contributed by atoms with Crippen molar-refractivity contribution in [3.8, 4) is 0 Å². The normalized spacial score (nSPS) is 14.1. The quantitative estimate of drug-likeness (QED) is 0.726. The van der Waals surface area contributed by atoms with E-state index in [-0.39, 0.29) is 17.9 Å². The fraction of sp³-hybridized carbons (Fsp3) is 0.647. The lowest BCUT2D eigenvalue weighted by Crippen LogP contribution is -2.35. The molecule has 3 heteroatoms. The Hall–Kier alpha value is -1.38. The Kier molecular flexibility index (Phi) is 7.27. The summed E-state index contributed by atoms with van der Waals surface area (Å²) in [6, 6.07) is 3.99. The molecule has 2 unspecified atom stereocenters. The van der Waals surface area contributed by atoms with Gasteiger partial charge >= 0.3 is 0 Å². The van der Waals surface area contributed by atoms with Gasteiger partial charge in [0.15, 0.2) is 0 Å². The standard InChI is InChI=1S/C17H28N2O/c1-5-6-7-9-14(4)17(20)19-16(13(2)3)15-10-8-11-18-12-15/h8,10-14,16H,5-7,9H2,1-4H3,(H,19,20). The first kappa shape index (κ1) is 16.7. The Morgan fingerprint density at radius 3 is 2.60 bits per heavy atom. The maximum Gasteiger partial charge on any atom is 0.223 e. The van der Waals surface area contributed by atoms with E-state index < -0.39 is 0 Å². The summed E-state index contributed by atoms with van der Waals surface area (Å²) in [5, 5.41) is 3.18. The van der Waals surface area contributed by atoms with Gasteiger partial charge in [0.1, 0.15) is 0 Å². The molecule has 20 heavy (non-hydrogen) atoms. The molecule has 0 radical (unpaired) electrons. The van der Waals surface area contributed by atoms with Crippen molar-refractivity contribution >= 4 is 5.91 Å². The summed E-state index contributed by atoms with van der Waals surface area (Å²) in [6.45, 7) is 8.45. The predicted molar refractivity (Wildman–Crippen MR) is 83.3 cm³/mol. The van der Waals surface area contributed by atoms with Crippen molar-refractivity contribution in [2.75, 3.05) is 0 Å². The van der Waals surface area contributed by atoms with E-state index >= 15 is 0 Å². The van der Waals surface area contributed by atoms with Crippen molar-refractivity contribution in [1.82, 2.24) is 10.3 Å². The number of carbonyl (C=O) groups excluding carboxylic acids is 1. The lowest BCUT2D eigenvalue weighted by Gasteiger charge is -2.24. The Bertz CT molecular complexity index is 389. The fourth-order valence-corrected chi connectivity index (χ4v) is 2.32. The molecule has 1 rings (SSSR count). The molecule has 0 aliphatic heterocycles. The third kappa shape index (κ3) is 5.32. The van der Waals surface area contributed by atoms with Gasteiger partial charge in [-0.25, -0.2) is 0 Å². The molecule has 1 heterocycles. The summed E-state index contributed by atoms with van der Waals surface area (Å²) >= 11 is 0. The second-order valence-corrected chi connectivity index (χ2v) is 5.91. The second-order valence-electron chi connectivity index (χ2n) is 5.91. The molecule has 0 aliphatic carbocycles. The van der Waals surface area contributed by atoms with Gasteiger partial charge < -0.3 is 5.32 Å². The van der Waals surface area contributed by atoms with Crippen molar-refractivity contribution < 1.29 is 4.79 Å². The van der Waals surface area contributed by atoms with Crippen LogP contribution in [0.5, 0.6) is 0 Å². The molecule has 1 aromatic heterocycles. The van der Waals surface area contributed by atoms with Crippen LogP contribution in [0.25, 0.3) is 0 Å². The van der Waals surface area contributed by atoms with Gasteiger partial charge in [-0.2, -0.15) is 0 Å². The summed E-state index contributed by atoms with van der Waals surface area (Å²) in [7, 11) is 0. The number of pyridine rings is 1. The lowest BCUT2D eigenvalue weighted by molar-refractivity contribution is -0.125. The minimum atomic E-state index is 0.0461. The molecule has 0 aromatic carbocycles. The van der Waals surface area contributed by atoms with Gasteiger partial charge in [0.2, 0.25) is 5.91 Å². The molecule has 3 nitrogen and oxygen atoms in total. The van der Waals surface area contributed by atoms with Crippen LogP contribution < -0.4 is 5.32 Å². The third-order valence-electron chi connectivity index (χ3n) is 3.70. The Morgan fingerprint density at radius 2 is 2.05 bits per heavy atom. The first-order chi connectivity index (χ1) is 9.56. The molecular weight excluding hydrogens is 248 g/mol. The van der Waals surface area contributed by atoms with E-state index in [2.05, 4.69) is 31.1 Å². The number of rotatable bonds is 8. The molecule has 0 saturated heterocycles. The van der Waals surface area contributed by atoms with Crippen LogP contribution in [-0.4, -0.2) is 10.9 Å². The Labute approximate surface area is 123 Å². The van der Waals surface area contributed by atoms with Crippen LogP contribution in [-0.2, 0) is 4.79 Å². The smallest absolute Gasteiger partial charge is 0.223 e. The van der Waals surface area contributed by atoms with Crippen LogP contribution >= 0.6 is 0 Å². The van der Waals surface area contributed by atoms with E-state index in [1.165, 1.54) is 12.8 Å². The van der Waals surface area contributed by atoms with Crippen molar-refractivity contribution in [3.05, 3.63) is 30.1 Å². The Balaban J connectivity index is 2.60. The minimum Gasteiger partial charge on any atom is -0.349 e. The number of carbonyl (C=O) groups is 1. The molecule has 0 fully saturated rings. The highest BCUT2D eigenvalue weighted by Crippen LogP contribution is 2.21. The van der Waals surface area contributed by atoms with Gasteiger partial charge in [-0.05, 0) is 24.0 Å². The van der Waals surface area contributed by atoms with Crippen LogP contribution in [0.15, 0.2) is 24.5 Å². The third-order valence-corrected chi connectivity index (χ3v) is 3.70. The van der Waals surface area contributed by atoms with E-state index in [9.17, 15) is 4.79 Å². The van der Waals surface area contributed by atoms with Crippen molar-refractivity contribution in [2.45, 2.75) is 59.4 Å². The molecule has 0 saturated carbocycles. The van der Waals surface area contributed by atoms with Gasteiger partial charge in [0.25, 0.3) is 0 Å². The number of aromatic nitrogens is 1. The number of nitrogens with zero attached hydrogens (tertiary/aromatic N) is 1. The molecule has 112 valence electrons. The van der Waals surface area contributed by atoms with Crippen LogP contribution in [0.3, 0.4) is 0 Å². The largest absolute Gasteiger partial charge is 0.349 e. The summed E-state index contributed by atoms with van der Waals surface area (Å²) in [4.78, 5) is 16.4. The summed E-state index contributed by atoms with van der Waals surface area (Å²) in [5.41, 5.74) is 1.08. The van der Waals surface area contributed by atoms with Crippen LogP contribution in [0.2, 0.25) is 0 Å². The van der Waals surface area contributed by atoms with Crippen LogP contribution in [0, 0.1) is 11.8 Å². The van der Waals surface area contributed by atoms with E-state index in [1.807, 2.05) is 25.3 Å². The van der Waals surface area contributed by atoms with Gasteiger partial charge in [-0.15, -0.1) is 0 Å². The number of nitrogens with one attached hydrogen (secondary N) is 1. The SMILES string of the molecule is CCCCCC(C)C(=O)NC(c1cccnc1)C(C)C. The monoisotopic (exact) mass is 276 g/mol. The first-order valence-corrected chi connectivity index (χ1v) is 7.76. The Morgan fingerprint density at radius 1 is 1.30 bits per heavy atom. The number of hydrogen-bond donors (Lipinski definition) is 1. The second kappa shape index (κ2) is 8.72. The number of hydrogen-bond acceptors (Lipinski definition) is 2. The zero-order valence-corrected chi connectivity index (χ0v) is 13.2. The van der Waals surface area contributed by atoms with Gasteiger partial charge in [-0.1, -0.05) is 53.0 Å². The highest BCUT2D eigenvalue weighted by atomic mass is 16.1. The minimum absolute atomic E-state index is 0.0461. The van der Waals surface area contributed by atoms with Crippen molar-refractivity contribution in [3.63, 3.8) is 0 Å². The molecule has 1 amide bonds. The van der Waals surface area contributed by atoms with E-state index in [4.69, 9.17) is 0 Å². The van der Waals surface area contributed by atoms with Gasteiger partial charge in [0, 0.05) is 18.3 Å². The van der Waals surface area contributed by atoms with Crippen LogP contribution in [0.1, 0.15) is 65.0 Å². The molecule has 1 N–H and O–H groups in total. The first-order valence-electron chi connectivity index (χ1n) is 7.76. The van der Waals surface area contributed by atoms with Crippen molar-refractivity contribution in [2.24, 2.45) is 11.8 Å². The molecule has 0 spiro atoms. The maximum absolute atomic E-state index is 12.3. The topological polar surface area (TPSA) is 42.0 Å². The molecular formula is C17H28N2O. The molecule has 1 aromatic rings. The average Bonchev–Trinajstić information content (AvgIpc) is 2.45. The van der Waals surface area contributed by atoms with E-state index in [1.54, 1.807) is 6.20 Å². The van der Waals surface area contributed by atoms with E-state index in [0.29, 0.717) is 5.92 Å². The van der Waals surface area contributed by atoms with Crippen LogP contribution in [0.4, 0.5) is 0 Å². The molecule has 0 bridgehead atoms. The maximum atomic E-state index is 12.3. The van der Waals surface area contributed by atoms with Gasteiger partial charge in [0.05, 0.1) is 6.04 Å². The molecule has 0 aliphatic rings. The number of amides is 1. The highest BCUT2D eigenvalue weighted by Gasteiger charge is 2.21.